The lowest BCUT2D eigenvalue weighted by Crippen LogP contribution is -2.44. The summed E-state index contributed by atoms with van der Waals surface area (Å²) in [5.41, 5.74) is 2.91. The molecule has 1 aliphatic heterocycles. The number of nitrogens with zero attached hydrogens (tertiary/aromatic N) is 5. The van der Waals surface area contributed by atoms with Crippen LogP contribution >= 0.6 is 0 Å². The number of aliphatic hydroxyl groups excluding tert-OH is 1. The number of imidazole rings is 1. The average Bonchev–Trinajstić information content (AvgIpc) is 3.37. The third-order valence-electron chi connectivity index (χ3n) is 5.08. The number of hydrogen-bond acceptors (Lipinski definition) is 6. The van der Waals surface area contributed by atoms with Crippen molar-refractivity contribution < 1.29 is 9.63 Å². The van der Waals surface area contributed by atoms with Gasteiger partial charge >= 0.3 is 0 Å². The quantitative estimate of drug-likeness (QED) is 0.687. The Balaban J connectivity index is 1.40. The maximum Gasteiger partial charge on any atom is 0.210 e. The van der Waals surface area contributed by atoms with E-state index < -0.39 is 6.10 Å². The second-order valence-corrected chi connectivity index (χ2v) is 7.36. The second kappa shape index (κ2) is 8.52. The number of likely N-dealkylation sites (N-methyl/N-ethyl adjacent to an activating group) is 1. The highest BCUT2D eigenvalue weighted by atomic mass is 16.5. The van der Waals surface area contributed by atoms with Gasteiger partial charge in [-0.25, -0.2) is 4.98 Å². The van der Waals surface area contributed by atoms with Crippen molar-refractivity contribution in [1.29, 1.82) is 0 Å². The number of anilines is 1. The molecule has 0 aliphatic carbocycles. The minimum Gasteiger partial charge on any atom is -0.385 e. The van der Waals surface area contributed by atoms with E-state index in [2.05, 4.69) is 51.0 Å². The predicted octanol–water partition coefficient (Wildman–Crippen LogP) is 2.12. The maximum atomic E-state index is 9.75. The van der Waals surface area contributed by atoms with Crippen LogP contribution in [0.2, 0.25) is 0 Å². The van der Waals surface area contributed by atoms with Crippen LogP contribution in [0.15, 0.2) is 47.2 Å². The molecule has 0 amide bonds. The number of hydrogen-bond donors (Lipinski definition) is 1. The summed E-state index contributed by atoms with van der Waals surface area (Å²) >= 11 is 0. The molecule has 1 fully saturated rings. The first-order valence-electron chi connectivity index (χ1n) is 9.79. The van der Waals surface area contributed by atoms with Gasteiger partial charge < -0.3 is 24.0 Å². The fourth-order valence-corrected chi connectivity index (χ4v) is 3.40. The van der Waals surface area contributed by atoms with Gasteiger partial charge in [-0.1, -0.05) is 11.1 Å². The summed E-state index contributed by atoms with van der Waals surface area (Å²) in [6, 6.07) is 10.1. The molecule has 1 N–H and O–H groups in total. The van der Waals surface area contributed by atoms with Crippen LogP contribution in [-0.4, -0.2) is 57.9 Å². The zero-order valence-corrected chi connectivity index (χ0v) is 16.7. The van der Waals surface area contributed by atoms with Gasteiger partial charge in [0.05, 0.1) is 6.54 Å². The Morgan fingerprint density at radius 2 is 1.90 bits per heavy atom. The van der Waals surface area contributed by atoms with Crippen molar-refractivity contribution in [3.8, 4) is 11.8 Å². The van der Waals surface area contributed by atoms with Crippen LogP contribution in [0.1, 0.15) is 35.9 Å². The molecule has 1 atom stereocenters. The first-order valence-corrected chi connectivity index (χ1v) is 9.79. The fraction of sp³-hybridized carbons (Fsp3) is 0.364. The lowest BCUT2D eigenvalue weighted by molar-refractivity contribution is 0.184. The van der Waals surface area contributed by atoms with E-state index in [-0.39, 0.29) is 0 Å². The highest BCUT2D eigenvalue weighted by molar-refractivity contribution is 5.51. The molecule has 1 saturated heterocycles. The minimum atomic E-state index is -0.634. The SMILES string of the molecule is C[C@H](O)c1nccn1Cc1cc(C#Cc2ccc(N3CCN(C)CC3)cc2)on1. The molecule has 2 aromatic heterocycles. The van der Waals surface area contributed by atoms with Crippen LogP contribution in [0.25, 0.3) is 0 Å². The Labute approximate surface area is 170 Å². The molecule has 0 radical (unpaired) electrons. The van der Waals surface area contributed by atoms with Gasteiger partial charge in [0.2, 0.25) is 5.76 Å². The van der Waals surface area contributed by atoms with E-state index >= 15 is 0 Å². The average molecular weight is 391 g/mol. The molecule has 0 spiro atoms. The molecule has 0 unspecified atom stereocenters. The molecule has 0 bridgehead atoms. The van der Waals surface area contributed by atoms with Crippen LogP contribution < -0.4 is 4.90 Å². The van der Waals surface area contributed by atoms with Gasteiger partial charge in [0.25, 0.3) is 0 Å². The predicted molar refractivity (Wildman–Crippen MR) is 111 cm³/mol. The zero-order chi connectivity index (χ0) is 20.2. The summed E-state index contributed by atoms with van der Waals surface area (Å²) in [5, 5.41) is 13.8. The van der Waals surface area contributed by atoms with E-state index in [9.17, 15) is 5.11 Å². The summed E-state index contributed by atoms with van der Waals surface area (Å²) in [7, 11) is 2.16. The lowest BCUT2D eigenvalue weighted by atomic mass is 10.2. The zero-order valence-electron chi connectivity index (χ0n) is 16.7. The number of benzene rings is 1. The van der Waals surface area contributed by atoms with E-state index in [0.717, 1.165) is 37.4 Å². The molecule has 1 aliphatic rings. The van der Waals surface area contributed by atoms with Crippen molar-refractivity contribution in [2.45, 2.75) is 19.6 Å². The van der Waals surface area contributed by atoms with E-state index in [1.54, 1.807) is 13.1 Å². The molecule has 3 aromatic rings. The maximum absolute atomic E-state index is 9.75. The van der Waals surface area contributed by atoms with Gasteiger partial charge in [-0.2, -0.15) is 0 Å². The molecule has 0 saturated carbocycles. The van der Waals surface area contributed by atoms with Crippen LogP contribution in [0.3, 0.4) is 0 Å². The van der Waals surface area contributed by atoms with E-state index in [4.69, 9.17) is 4.52 Å². The third-order valence-corrected chi connectivity index (χ3v) is 5.08. The fourth-order valence-electron chi connectivity index (χ4n) is 3.40. The van der Waals surface area contributed by atoms with E-state index in [0.29, 0.717) is 18.1 Å². The van der Waals surface area contributed by atoms with Gasteiger partial charge in [0.1, 0.15) is 17.6 Å². The second-order valence-electron chi connectivity index (χ2n) is 7.36. The lowest BCUT2D eigenvalue weighted by Gasteiger charge is -2.34. The van der Waals surface area contributed by atoms with Crippen molar-refractivity contribution >= 4 is 5.69 Å². The molecule has 4 rings (SSSR count). The van der Waals surface area contributed by atoms with Crippen molar-refractivity contribution in [2.24, 2.45) is 0 Å². The minimum absolute atomic E-state index is 0.477. The standard InChI is InChI=1S/C22H25N5O2/c1-17(28)22-23-9-10-27(22)16-19-15-21(29-24-19)8-5-18-3-6-20(7-4-18)26-13-11-25(2)12-14-26/h3-4,6-7,9-10,15,17,28H,11-14,16H2,1-2H3/t17-/m0/s1. The Bertz CT molecular complexity index is 1000. The van der Waals surface area contributed by atoms with Crippen LogP contribution in [0.5, 0.6) is 0 Å². The number of aliphatic hydroxyl groups is 1. The molecule has 7 heteroatoms. The first kappa shape index (κ1) is 19.2. The van der Waals surface area contributed by atoms with Gasteiger partial charge in [-0.3, -0.25) is 0 Å². The van der Waals surface area contributed by atoms with Gasteiger partial charge in [-0.15, -0.1) is 0 Å². The number of rotatable bonds is 4. The summed E-state index contributed by atoms with van der Waals surface area (Å²) in [5.74, 6) is 7.27. The van der Waals surface area contributed by atoms with Crippen LogP contribution in [0, 0.1) is 11.8 Å². The first-order chi connectivity index (χ1) is 14.1. The van der Waals surface area contributed by atoms with Gasteiger partial charge in [0, 0.05) is 55.9 Å². The largest absolute Gasteiger partial charge is 0.385 e. The summed E-state index contributed by atoms with van der Waals surface area (Å²) in [4.78, 5) is 8.91. The van der Waals surface area contributed by atoms with E-state index in [1.807, 2.05) is 29.0 Å². The normalized spacial score (nSPS) is 15.8. The highest BCUT2D eigenvalue weighted by Gasteiger charge is 2.14. The molecule has 1 aromatic carbocycles. The van der Waals surface area contributed by atoms with Crippen molar-refractivity contribution in [2.75, 3.05) is 38.1 Å². The molecule has 7 nitrogen and oxygen atoms in total. The third kappa shape index (κ3) is 4.67. The Morgan fingerprint density at radius 3 is 2.62 bits per heavy atom. The molecular weight excluding hydrogens is 366 g/mol. The molecule has 150 valence electrons. The smallest absolute Gasteiger partial charge is 0.210 e. The van der Waals surface area contributed by atoms with Gasteiger partial charge in [-0.05, 0) is 44.2 Å². The topological polar surface area (TPSA) is 70.6 Å². The summed E-state index contributed by atoms with van der Waals surface area (Å²) in [6.45, 7) is 6.45. The summed E-state index contributed by atoms with van der Waals surface area (Å²) < 4.78 is 7.18. The Morgan fingerprint density at radius 1 is 1.14 bits per heavy atom. The molecule has 3 heterocycles. The van der Waals surface area contributed by atoms with Crippen molar-refractivity contribution in [3.63, 3.8) is 0 Å². The van der Waals surface area contributed by atoms with Crippen molar-refractivity contribution in [1.82, 2.24) is 19.6 Å². The Hall–Kier alpha value is -3.08. The molecule has 29 heavy (non-hydrogen) atoms. The number of piperazine rings is 1. The van der Waals surface area contributed by atoms with Crippen molar-refractivity contribution in [3.05, 3.63) is 65.6 Å². The van der Waals surface area contributed by atoms with Crippen LogP contribution in [0.4, 0.5) is 5.69 Å². The monoisotopic (exact) mass is 391 g/mol. The molecular formula is C22H25N5O2. The highest BCUT2D eigenvalue weighted by Crippen LogP contribution is 2.17. The van der Waals surface area contributed by atoms with Crippen LogP contribution in [-0.2, 0) is 6.54 Å². The van der Waals surface area contributed by atoms with Gasteiger partial charge in [0.15, 0.2) is 0 Å². The number of aromatic nitrogens is 3. The Kier molecular flexibility index (Phi) is 5.65. The summed E-state index contributed by atoms with van der Waals surface area (Å²) in [6.07, 6.45) is 2.84. The van der Waals surface area contributed by atoms with E-state index in [1.165, 1.54) is 5.69 Å².